The van der Waals surface area contributed by atoms with E-state index in [4.69, 9.17) is 11.6 Å². The first-order chi connectivity index (χ1) is 9.15. The van der Waals surface area contributed by atoms with Gasteiger partial charge in [-0.2, -0.15) is 0 Å². The minimum absolute atomic E-state index is 0.133. The summed E-state index contributed by atoms with van der Waals surface area (Å²) >= 11 is 8.20. The molecule has 2 aromatic rings. The Balaban J connectivity index is 1.88. The third kappa shape index (κ3) is 4.40. The van der Waals surface area contributed by atoms with Gasteiger partial charge in [0, 0.05) is 9.26 Å². The van der Waals surface area contributed by atoms with Crippen LogP contribution in [0.4, 0.5) is 11.4 Å². The quantitative estimate of drug-likeness (QED) is 0.780. The molecule has 0 heterocycles. The monoisotopic (exact) mass is 386 g/mol. The van der Waals surface area contributed by atoms with E-state index < -0.39 is 0 Å². The van der Waals surface area contributed by atoms with E-state index in [1.807, 2.05) is 36.4 Å². The molecule has 0 atom stereocenters. The van der Waals surface area contributed by atoms with Crippen molar-refractivity contribution in [1.29, 1.82) is 0 Å². The zero-order valence-corrected chi connectivity index (χ0v) is 12.9. The lowest BCUT2D eigenvalue weighted by Crippen LogP contribution is -2.21. The van der Waals surface area contributed by atoms with Crippen molar-refractivity contribution >= 4 is 51.5 Å². The zero-order chi connectivity index (χ0) is 13.7. The molecule has 0 saturated heterocycles. The summed E-state index contributed by atoms with van der Waals surface area (Å²) in [6.45, 7) is 0.200. The number of hydrogen-bond donors (Lipinski definition) is 2. The van der Waals surface area contributed by atoms with Crippen LogP contribution in [0.2, 0.25) is 5.02 Å². The summed E-state index contributed by atoms with van der Waals surface area (Å²) in [5.41, 5.74) is 1.54. The van der Waals surface area contributed by atoms with Gasteiger partial charge in [-0.15, -0.1) is 0 Å². The van der Waals surface area contributed by atoms with Crippen molar-refractivity contribution in [1.82, 2.24) is 0 Å². The third-order valence-electron chi connectivity index (χ3n) is 2.45. The molecule has 5 heteroatoms. The highest BCUT2D eigenvalue weighted by molar-refractivity contribution is 14.1. The summed E-state index contributed by atoms with van der Waals surface area (Å²) < 4.78 is 1.16. The van der Waals surface area contributed by atoms with Crippen molar-refractivity contribution < 1.29 is 4.79 Å². The third-order valence-corrected chi connectivity index (χ3v) is 3.49. The summed E-state index contributed by atoms with van der Waals surface area (Å²) in [6.07, 6.45) is 0. The summed E-state index contributed by atoms with van der Waals surface area (Å²) in [5.74, 6) is -0.133. The lowest BCUT2D eigenvalue weighted by molar-refractivity contribution is -0.114. The lowest BCUT2D eigenvalue weighted by Gasteiger charge is -2.09. The molecule has 0 bridgehead atoms. The fourth-order valence-corrected chi connectivity index (χ4v) is 2.05. The second-order valence-corrected chi connectivity index (χ2v) is 5.54. The SMILES string of the molecule is O=C(CNc1ccc(I)cc1)Nc1ccccc1Cl. The van der Waals surface area contributed by atoms with E-state index in [9.17, 15) is 4.79 Å². The van der Waals surface area contributed by atoms with Gasteiger partial charge in [0.15, 0.2) is 0 Å². The minimum Gasteiger partial charge on any atom is -0.376 e. The Morgan fingerprint density at radius 1 is 1.11 bits per heavy atom. The number of nitrogens with one attached hydrogen (secondary N) is 2. The molecule has 0 aromatic heterocycles. The Morgan fingerprint density at radius 3 is 2.47 bits per heavy atom. The topological polar surface area (TPSA) is 41.1 Å². The first-order valence-electron chi connectivity index (χ1n) is 5.69. The average Bonchev–Trinajstić information content (AvgIpc) is 2.41. The van der Waals surface area contributed by atoms with Crippen LogP contribution in [0.1, 0.15) is 0 Å². The first-order valence-corrected chi connectivity index (χ1v) is 7.14. The van der Waals surface area contributed by atoms with Crippen molar-refractivity contribution in [3.05, 3.63) is 57.1 Å². The van der Waals surface area contributed by atoms with Crippen molar-refractivity contribution in [3.8, 4) is 0 Å². The molecule has 0 radical (unpaired) electrons. The molecule has 2 aromatic carbocycles. The molecule has 0 unspecified atom stereocenters. The molecular formula is C14H12ClIN2O. The molecule has 0 saturated carbocycles. The molecule has 3 nitrogen and oxygen atoms in total. The van der Waals surface area contributed by atoms with E-state index in [-0.39, 0.29) is 12.5 Å². The Bertz CT molecular complexity index is 572. The van der Waals surface area contributed by atoms with Crippen molar-refractivity contribution in [2.45, 2.75) is 0 Å². The van der Waals surface area contributed by atoms with Crippen molar-refractivity contribution in [2.75, 3.05) is 17.2 Å². The van der Waals surface area contributed by atoms with Crippen LogP contribution >= 0.6 is 34.2 Å². The summed E-state index contributed by atoms with van der Waals surface area (Å²) in [7, 11) is 0. The van der Waals surface area contributed by atoms with Crippen LogP contribution in [0.15, 0.2) is 48.5 Å². The number of carbonyl (C=O) groups is 1. The number of anilines is 2. The van der Waals surface area contributed by atoms with E-state index in [2.05, 4.69) is 33.2 Å². The zero-order valence-electron chi connectivity index (χ0n) is 9.99. The Hall–Kier alpha value is -1.27. The van der Waals surface area contributed by atoms with Crippen LogP contribution in [0.5, 0.6) is 0 Å². The number of carbonyl (C=O) groups excluding carboxylic acids is 1. The smallest absolute Gasteiger partial charge is 0.243 e. The molecule has 98 valence electrons. The standard InChI is InChI=1S/C14H12ClIN2O/c15-12-3-1-2-4-13(12)18-14(19)9-17-11-7-5-10(16)6-8-11/h1-8,17H,9H2,(H,18,19). The highest BCUT2D eigenvalue weighted by Gasteiger charge is 2.04. The molecular weight excluding hydrogens is 375 g/mol. The molecule has 2 N–H and O–H groups in total. The van der Waals surface area contributed by atoms with E-state index in [1.54, 1.807) is 12.1 Å². The number of benzene rings is 2. The molecule has 0 aliphatic heterocycles. The van der Waals surface area contributed by atoms with Gasteiger partial charge in [-0.1, -0.05) is 23.7 Å². The van der Waals surface area contributed by atoms with Gasteiger partial charge < -0.3 is 10.6 Å². The maximum Gasteiger partial charge on any atom is 0.243 e. The highest BCUT2D eigenvalue weighted by atomic mass is 127. The van der Waals surface area contributed by atoms with E-state index in [1.165, 1.54) is 0 Å². The first kappa shape index (κ1) is 14.1. The minimum atomic E-state index is -0.133. The van der Waals surface area contributed by atoms with Crippen LogP contribution in [-0.2, 0) is 4.79 Å². The van der Waals surface area contributed by atoms with Gasteiger partial charge in [-0.25, -0.2) is 0 Å². The largest absolute Gasteiger partial charge is 0.376 e. The maximum absolute atomic E-state index is 11.8. The van der Waals surface area contributed by atoms with Crippen molar-refractivity contribution in [3.63, 3.8) is 0 Å². The van der Waals surface area contributed by atoms with Crippen LogP contribution in [0.25, 0.3) is 0 Å². The van der Waals surface area contributed by atoms with E-state index in [0.29, 0.717) is 10.7 Å². The fourth-order valence-electron chi connectivity index (χ4n) is 1.51. The number of amides is 1. The second-order valence-electron chi connectivity index (χ2n) is 3.89. The summed E-state index contributed by atoms with van der Waals surface area (Å²) in [4.78, 5) is 11.8. The van der Waals surface area contributed by atoms with Crippen LogP contribution in [0, 0.1) is 3.57 Å². The molecule has 0 aliphatic rings. The van der Waals surface area contributed by atoms with E-state index >= 15 is 0 Å². The number of rotatable bonds is 4. The molecule has 2 rings (SSSR count). The van der Waals surface area contributed by atoms with Gasteiger partial charge in [0.2, 0.25) is 5.91 Å². The number of hydrogen-bond acceptors (Lipinski definition) is 2. The van der Waals surface area contributed by atoms with Gasteiger partial charge in [-0.05, 0) is 59.0 Å². The van der Waals surface area contributed by atoms with Gasteiger partial charge in [0.1, 0.15) is 0 Å². The Morgan fingerprint density at radius 2 is 1.79 bits per heavy atom. The summed E-state index contributed by atoms with van der Waals surface area (Å²) in [5, 5.41) is 6.34. The molecule has 19 heavy (non-hydrogen) atoms. The van der Waals surface area contributed by atoms with Crippen LogP contribution < -0.4 is 10.6 Å². The fraction of sp³-hybridized carbons (Fsp3) is 0.0714. The lowest BCUT2D eigenvalue weighted by atomic mass is 10.3. The predicted octanol–water partition coefficient (Wildman–Crippen LogP) is 4.00. The second kappa shape index (κ2) is 6.77. The number of halogens is 2. The van der Waals surface area contributed by atoms with Gasteiger partial charge >= 0.3 is 0 Å². The normalized spacial score (nSPS) is 10.0. The molecule has 0 aliphatic carbocycles. The Labute approximate surface area is 130 Å². The summed E-state index contributed by atoms with van der Waals surface area (Å²) in [6, 6.07) is 15.0. The van der Waals surface area contributed by atoms with Gasteiger partial charge in [-0.3, -0.25) is 4.79 Å². The van der Waals surface area contributed by atoms with Crippen molar-refractivity contribution in [2.24, 2.45) is 0 Å². The van der Waals surface area contributed by atoms with E-state index in [0.717, 1.165) is 9.26 Å². The molecule has 0 fully saturated rings. The number of para-hydroxylation sites is 1. The highest BCUT2D eigenvalue weighted by Crippen LogP contribution is 2.20. The van der Waals surface area contributed by atoms with Crippen LogP contribution in [0.3, 0.4) is 0 Å². The average molecular weight is 387 g/mol. The Kier molecular flexibility index (Phi) is 5.04. The predicted molar refractivity (Wildman–Crippen MR) is 87.7 cm³/mol. The maximum atomic E-state index is 11.8. The van der Waals surface area contributed by atoms with Crippen LogP contribution in [-0.4, -0.2) is 12.5 Å². The molecule has 1 amide bonds. The van der Waals surface area contributed by atoms with Gasteiger partial charge in [0.25, 0.3) is 0 Å². The molecule has 0 spiro atoms. The van der Waals surface area contributed by atoms with Gasteiger partial charge in [0.05, 0.1) is 17.3 Å².